The maximum atomic E-state index is 5.35. The van der Waals surface area contributed by atoms with Crippen LogP contribution in [-0.2, 0) is 0 Å². The normalized spacial score (nSPS) is 11.2. The van der Waals surface area contributed by atoms with Gasteiger partial charge in [-0.1, -0.05) is 121 Å². The van der Waals surface area contributed by atoms with Gasteiger partial charge in [0.1, 0.15) is 0 Å². The average Bonchev–Trinajstić information content (AvgIpc) is 3.29. The summed E-state index contributed by atoms with van der Waals surface area (Å²) >= 11 is 0. The first kappa shape index (κ1) is 33.1. The van der Waals surface area contributed by atoms with Gasteiger partial charge >= 0.3 is 0 Å². The van der Waals surface area contributed by atoms with Gasteiger partial charge in [-0.15, -0.1) is 0 Å². The van der Waals surface area contributed by atoms with E-state index in [0.29, 0.717) is 0 Å². The smallest absolute Gasteiger partial charge is 0.0715 e. The molecule has 0 aliphatic carbocycles. The van der Waals surface area contributed by atoms with Crippen molar-refractivity contribution in [1.29, 1.82) is 0 Å². The van der Waals surface area contributed by atoms with Gasteiger partial charge in [0, 0.05) is 34.6 Å². The Hall–Kier alpha value is -7.49. The van der Waals surface area contributed by atoms with Gasteiger partial charge in [-0.05, 0) is 134 Å². The predicted octanol–water partition coefficient (Wildman–Crippen LogP) is 13.8. The Morgan fingerprint density at radius 3 is 1.05 bits per heavy atom. The van der Waals surface area contributed by atoms with Crippen LogP contribution in [-0.4, -0.2) is 15.0 Å². The number of hydrogen-bond acceptors (Lipinski definition) is 3. The second-order valence-corrected chi connectivity index (χ2v) is 14.1. The first-order chi connectivity index (χ1) is 27.7. The molecule has 0 fully saturated rings. The van der Waals surface area contributed by atoms with Crippen molar-refractivity contribution < 1.29 is 0 Å². The molecule has 0 saturated carbocycles. The molecule has 0 saturated heterocycles. The lowest BCUT2D eigenvalue weighted by Gasteiger charge is -2.15. The van der Waals surface area contributed by atoms with Gasteiger partial charge in [0.05, 0.1) is 22.8 Å². The van der Waals surface area contributed by atoms with Crippen molar-refractivity contribution in [2.45, 2.75) is 0 Å². The molecular weight excluding hydrogens is 679 g/mol. The summed E-state index contributed by atoms with van der Waals surface area (Å²) in [6, 6.07) is 71.1. The van der Waals surface area contributed by atoms with Crippen LogP contribution in [0.15, 0.2) is 213 Å². The molecule has 7 aromatic carbocycles. The Bertz CT molecular complexity index is 2830. The maximum Gasteiger partial charge on any atom is 0.0715 e. The lowest BCUT2D eigenvalue weighted by molar-refractivity contribution is 1.32. The number of fused-ring (bicyclic) bond motifs is 2. The zero-order valence-electron chi connectivity index (χ0n) is 30.5. The predicted molar refractivity (Wildman–Crippen MR) is 233 cm³/mol. The van der Waals surface area contributed by atoms with Crippen LogP contribution in [0.25, 0.3) is 100.0 Å². The van der Waals surface area contributed by atoms with E-state index >= 15 is 0 Å². The maximum absolute atomic E-state index is 5.35. The second-order valence-electron chi connectivity index (χ2n) is 14.1. The number of nitrogens with zero attached hydrogens (tertiary/aromatic N) is 3. The van der Waals surface area contributed by atoms with Crippen LogP contribution in [0.4, 0.5) is 0 Å². The van der Waals surface area contributed by atoms with E-state index in [-0.39, 0.29) is 0 Å². The first-order valence-electron chi connectivity index (χ1n) is 18.9. The Morgan fingerprint density at radius 2 is 0.589 bits per heavy atom. The summed E-state index contributed by atoms with van der Waals surface area (Å²) in [5.74, 6) is 0. The number of hydrogen-bond donors (Lipinski definition) is 0. The van der Waals surface area contributed by atoms with Gasteiger partial charge in [-0.25, -0.2) is 4.98 Å². The molecule has 0 atom stereocenters. The van der Waals surface area contributed by atoms with Crippen LogP contribution >= 0.6 is 0 Å². The molecule has 0 aliphatic rings. The molecule has 0 amide bonds. The van der Waals surface area contributed by atoms with Crippen molar-refractivity contribution in [2.24, 2.45) is 0 Å². The SMILES string of the molecule is c1ccc(-c2cccc(-c3cc(-c4cccc(-c5ccccn5)c4)cc(-c4cc(-c5ccc6ccccc6c5)nc(-c5ccc6ccccc6c5)c4)c3)c2)nc1. The third-order valence-electron chi connectivity index (χ3n) is 10.5. The highest BCUT2D eigenvalue weighted by molar-refractivity contribution is 5.91. The van der Waals surface area contributed by atoms with Crippen LogP contribution in [0.2, 0.25) is 0 Å². The Kier molecular flexibility index (Phi) is 8.51. The molecule has 262 valence electrons. The van der Waals surface area contributed by atoms with E-state index in [2.05, 4.69) is 186 Å². The standard InChI is InChI=1S/C53H35N3/c1-3-13-38-27-44(23-21-36(38)11-1)52-34-49(35-53(56-52)45-24-22-37-12-2-4-14-39(37)28-45)48-32-46(40-15-9-17-42(29-40)50-19-5-7-25-54-50)31-47(33-48)41-16-10-18-43(30-41)51-20-6-8-26-55-51/h1-35H. The van der Waals surface area contributed by atoms with Crippen molar-refractivity contribution in [2.75, 3.05) is 0 Å². The molecule has 0 N–H and O–H groups in total. The Morgan fingerprint density at radius 1 is 0.214 bits per heavy atom. The number of pyridine rings is 3. The van der Waals surface area contributed by atoms with Gasteiger partial charge in [-0.3, -0.25) is 9.97 Å². The van der Waals surface area contributed by atoms with Crippen LogP contribution in [0.3, 0.4) is 0 Å². The fourth-order valence-corrected chi connectivity index (χ4v) is 7.60. The summed E-state index contributed by atoms with van der Waals surface area (Å²) in [4.78, 5) is 14.7. The van der Waals surface area contributed by atoms with E-state index in [1.165, 1.54) is 21.5 Å². The van der Waals surface area contributed by atoms with Crippen LogP contribution in [0.5, 0.6) is 0 Å². The molecule has 56 heavy (non-hydrogen) atoms. The highest BCUT2D eigenvalue weighted by Crippen LogP contribution is 2.38. The summed E-state index contributed by atoms with van der Waals surface area (Å²) < 4.78 is 0. The molecule has 3 heterocycles. The van der Waals surface area contributed by atoms with E-state index < -0.39 is 0 Å². The quantitative estimate of drug-likeness (QED) is 0.165. The summed E-state index contributed by atoms with van der Waals surface area (Å²) in [6.45, 7) is 0. The molecule has 10 aromatic rings. The van der Waals surface area contributed by atoms with Crippen molar-refractivity contribution in [1.82, 2.24) is 15.0 Å². The highest BCUT2D eigenvalue weighted by atomic mass is 14.7. The molecule has 3 aromatic heterocycles. The summed E-state index contributed by atoms with van der Waals surface area (Å²) in [7, 11) is 0. The molecule has 0 radical (unpaired) electrons. The summed E-state index contributed by atoms with van der Waals surface area (Å²) in [5, 5.41) is 4.80. The average molecular weight is 714 g/mol. The fraction of sp³-hybridized carbons (Fsp3) is 0. The van der Waals surface area contributed by atoms with Gasteiger partial charge in [-0.2, -0.15) is 0 Å². The zero-order valence-corrected chi connectivity index (χ0v) is 30.5. The molecule has 3 nitrogen and oxygen atoms in total. The number of rotatable bonds is 7. The Balaban J connectivity index is 1.19. The Labute approximate surface area is 326 Å². The van der Waals surface area contributed by atoms with Crippen molar-refractivity contribution >= 4 is 21.5 Å². The van der Waals surface area contributed by atoms with Crippen molar-refractivity contribution in [3.05, 3.63) is 213 Å². The number of benzene rings is 7. The molecular formula is C53H35N3. The minimum absolute atomic E-state index is 0.928. The van der Waals surface area contributed by atoms with Gasteiger partial charge < -0.3 is 0 Å². The van der Waals surface area contributed by atoms with Crippen molar-refractivity contribution in [3.8, 4) is 78.4 Å². The van der Waals surface area contributed by atoms with E-state index in [9.17, 15) is 0 Å². The third kappa shape index (κ3) is 6.63. The second kappa shape index (κ2) is 14.4. The van der Waals surface area contributed by atoms with Crippen LogP contribution in [0, 0.1) is 0 Å². The fourth-order valence-electron chi connectivity index (χ4n) is 7.60. The molecule has 0 bridgehead atoms. The van der Waals surface area contributed by atoms with E-state index in [1.807, 2.05) is 36.7 Å². The number of aromatic nitrogens is 3. The highest BCUT2D eigenvalue weighted by Gasteiger charge is 2.14. The van der Waals surface area contributed by atoms with Crippen LogP contribution in [0.1, 0.15) is 0 Å². The van der Waals surface area contributed by atoms with Gasteiger partial charge in [0.15, 0.2) is 0 Å². The van der Waals surface area contributed by atoms with Crippen LogP contribution < -0.4 is 0 Å². The largest absolute Gasteiger partial charge is 0.256 e. The summed E-state index contributed by atoms with van der Waals surface area (Å²) in [5.41, 5.74) is 14.7. The molecule has 10 rings (SSSR count). The van der Waals surface area contributed by atoms with Gasteiger partial charge in [0.25, 0.3) is 0 Å². The van der Waals surface area contributed by atoms with Gasteiger partial charge in [0.2, 0.25) is 0 Å². The lowest BCUT2D eigenvalue weighted by atomic mass is 9.91. The van der Waals surface area contributed by atoms with E-state index in [1.54, 1.807) is 0 Å². The molecule has 0 aliphatic heterocycles. The molecule has 0 spiro atoms. The third-order valence-corrected chi connectivity index (χ3v) is 10.5. The van der Waals surface area contributed by atoms with E-state index in [4.69, 9.17) is 4.98 Å². The summed E-state index contributed by atoms with van der Waals surface area (Å²) in [6.07, 6.45) is 3.69. The minimum Gasteiger partial charge on any atom is -0.256 e. The topological polar surface area (TPSA) is 38.7 Å². The first-order valence-corrected chi connectivity index (χ1v) is 18.9. The zero-order chi connectivity index (χ0) is 37.3. The van der Waals surface area contributed by atoms with Crippen molar-refractivity contribution in [3.63, 3.8) is 0 Å². The van der Waals surface area contributed by atoms with E-state index in [0.717, 1.165) is 78.4 Å². The lowest BCUT2D eigenvalue weighted by Crippen LogP contribution is -1.93. The minimum atomic E-state index is 0.928. The monoisotopic (exact) mass is 713 g/mol. The molecule has 3 heteroatoms. The molecule has 0 unspecified atom stereocenters.